The van der Waals surface area contributed by atoms with Crippen LogP contribution in [0.5, 0.6) is 0 Å². The smallest absolute Gasteiger partial charge is 0.338 e. The van der Waals surface area contributed by atoms with E-state index < -0.39 is 46.5 Å². The van der Waals surface area contributed by atoms with Crippen molar-refractivity contribution in [1.29, 1.82) is 0 Å². The van der Waals surface area contributed by atoms with E-state index in [-0.39, 0.29) is 11.3 Å². The van der Waals surface area contributed by atoms with Gasteiger partial charge in [0.25, 0.3) is 5.91 Å². The van der Waals surface area contributed by atoms with Crippen LogP contribution in [0.1, 0.15) is 62.7 Å². The zero-order chi connectivity index (χ0) is 36.6. The van der Waals surface area contributed by atoms with E-state index in [2.05, 4.69) is 69.0 Å². The largest absolute Gasteiger partial charge is 0.478 e. The highest BCUT2D eigenvalue weighted by molar-refractivity contribution is 14.1. The van der Waals surface area contributed by atoms with Gasteiger partial charge < -0.3 is 16.2 Å². The molecule has 49 heavy (non-hydrogen) atoms. The number of carbonyl (C=O) groups excluding carboxylic acids is 1. The van der Waals surface area contributed by atoms with Crippen LogP contribution >= 0.6 is 45.2 Å². The second-order valence-electron chi connectivity index (χ2n) is 11.2. The Bertz CT molecular complexity index is 1810. The maximum atomic E-state index is 14.5. The van der Waals surface area contributed by atoms with E-state index in [1.807, 2.05) is 39.0 Å². The number of amides is 1. The molecule has 14 heteroatoms. The number of aromatic carboxylic acids is 1. The SMILES string of the molecule is CCc1cc(Nc2c(C(=O)NOCC3CC3)ccc(F)c2F)c(C)cc1I.Cc1cc(I)c(C)cc1N.O=C(O)c1ccc(F)c(F)c1F. The van der Waals surface area contributed by atoms with E-state index in [4.69, 9.17) is 15.7 Å². The third kappa shape index (κ3) is 11.0. The normalized spacial score (nSPS) is 11.9. The second-order valence-corrected chi connectivity index (χ2v) is 13.5. The van der Waals surface area contributed by atoms with Crippen molar-refractivity contribution in [3.05, 3.63) is 118 Å². The minimum atomic E-state index is -1.77. The van der Waals surface area contributed by atoms with E-state index in [0.29, 0.717) is 30.3 Å². The Morgan fingerprint density at radius 3 is 2.00 bits per heavy atom. The molecule has 0 aromatic heterocycles. The lowest BCUT2D eigenvalue weighted by Gasteiger charge is -2.16. The van der Waals surface area contributed by atoms with Gasteiger partial charge in [0.15, 0.2) is 29.1 Å². The van der Waals surface area contributed by atoms with Crippen LogP contribution in [0.15, 0.2) is 48.5 Å². The molecule has 0 aliphatic heterocycles. The first-order chi connectivity index (χ1) is 23.0. The zero-order valence-corrected chi connectivity index (χ0v) is 31.2. The first-order valence-corrected chi connectivity index (χ1v) is 17.1. The highest BCUT2D eigenvalue weighted by atomic mass is 127. The van der Waals surface area contributed by atoms with Crippen molar-refractivity contribution in [3.63, 3.8) is 0 Å². The van der Waals surface area contributed by atoms with Crippen molar-refractivity contribution in [2.75, 3.05) is 17.7 Å². The van der Waals surface area contributed by atoms with E-state index >= 15 is 0 Å². The van der Waals surface area contributed by atoms with Crippen molar-refractivity contribution < 1.29 is 41.5 Å². The van der Waals surface area contributed by atoms with E-state index in [0.717, 1.165) is 51.3 Å². The number of carboxylic acid groups (broad SMARTS) is 1. The van der Waals surface area contributed by atoms with Crippen molar-refractivity contribution >= 4 is 74.1 Å². The summed E-state index contributed by atoms with van der Waals surface area (Å²) >= 11 is 4.56. The summed E-state index contributed by atoms with van der Waals surface area (Å²) in [5, 5.41) is 11.2. The molecule has 7 nitrogen and oxygen atoms in total. The van der Waals surface area contributed by atoms with Gasteiger partial charge in [-0.1, -0.05) is 6.92 Å². The maximum absolute atomic E-state index is 14.5. The first kappa shape index (κ1) is 39.9. The summed E-state index contributed by atoms with van der Waals surface area (Å²) in [7, 11) is 0. The fourth-order valence-corrected chi connectivity index (χ4v) is 5.81. The molecular formula is C35H34F5I2N3O4. The average molecular weight is 909 g/mol. The molecule has 0 heterocycles. The Morgan fingerprint density at radius 1 is 0.837 bits per heavy atom. The van der Waals surface area contributed by atoms with Gasteiger partial charge in [-0.2, -0.15) is 0 Å². The highest BCUT2D eigenvalue weighted by Crippen LogP contribution is 2.31. The molecule has 5 rings (SSSR count). The number of carboxylic acids is 1. The number of carbonyl (C=O) groups is 2. The number of hydrogen-bond donors (Lipinski definition) is 4. The molecular weight excluding hydrogens is 875 g/mol. The van der Waals surface area contributed by atoms with Gasteiger partial charge in [-0.15, -0.1) is 0 Å². The Hall–Kier alpha value is -3.51. The monoisotopic (exact) mass is 909 g/mol. The molecule has 262 valence electrons. The summed E-state index contributed by atoms with van der Waals surface area (Å²) in [6, 6.07) is 11.4. The fourth-order valence-electron chi connectivity index (χ4n) is 4.18. The molecule has 0 saturated heterocycles. The second kappa shape index (κ2) is 17.9. The molecule has 5 N–H and O–H groups in total. The number of aryl methyl sites for hydroxylation is 4. The van der Waals surface area contributed by atoms with Crippen LogP contribution < -0.4 is 16.5 Å². The minimum absolute atomic E-state index is 0.0132. The molecule has 0 bridgehead atoms. The zero-order valence-electron chi connectivity index (χ0n) is 26.9. The van der Waals surface area contributed by atoms with E-state index in [1.165, 1.54) is 15.2 Å². The summed E-state index contributed by atoms with van der Waals surface area (Å²) in [6.07, 6.45) is 2.97. The molecule has 0 unspecified atom stereocenters. The summed E-state index contributed by atoms with van der Waals surface area (Å²) in [5.41, 5.74) is 12.8. The summed E-state index contributed by atoms with van der Waals surface area (Å²) < 4.78 is 67.8. The Balaban J connectivity index is 0.000000242. The lowest BCUT2D eigenvalue weighted by Crippen LogP contribution is -2.26. The number of benzene rings is 4. The lowest BCUT2D eigenvalue weighted by molar-refractivity contribution is 0.0270. The molecule has 1 amide bonds. The number of hydrogen-bond acceptors (Lipinski definition) is 5. The summed E-state index contributed by atoms with van der Waals surface area (Å²) in [6.45, 7) is 8.41. The minimum Gasteiger partial charge on any atom is -0.478 e. The van der Waals surface area contributed by atoms with Crippen molar-refractivity contribution in [2.45, 2.75) is 47.0 Å². The first-order valence-electron chi connectivity index (χ1n) is 14.9. The van der Waals surface area contributed by atoms with Crippen molar-refractivity contribution in [3.8, 4) is 0 Å². The number of anilines is 3. The molecule has 0 spiro atoms. The Morgan fingerprint density at radius 2 is 1.43 bits per heavy atom. The molecule has 1 fully saturated rings. The number of nitrogen functional groups attached to an aromatic ring is 1. The van der Waals surface area contributed by atoms with Gasteiger partial charge in [-0.25, -0.2) is 32.2 Å². The topological polar surface area (TPSA) is 114 Å². The third-order valence-electron chi connectivity index (χ3n) is 7.37. The van der Waals surface area contributed by atoms with Gasteiger partial charge >= 0.3 is 5.97 Å². The van der Waals surface area contributed by atoms with Gasteiger partial charge in [0.05, 0.1) is 23.4 Å². The third-order valence-corrected chi connectivity index (χ3v) is 9.53. The molecule has 1 aliphatic rings. The Labute approximate surface area is 308 Å². The highest BCUT2D eigenvalue weighted by Gasteiger charge is 2.24. The number of nitrogens with one attached hydrogen (secondary N) is 2. The number of rotatable bonds is 8. The van der Waals surface area contributed by atoms with Crippen LogP contribution in [-0.2, 0) is 11.3 Å². The standard InChI is InChI=1S/C20H21F2IN2O2.C8H10IN.C7H3F3O2/c1-3-13-9-17(11(2)8-16(13)23)24-19-14(6-7-15(21)18(19)22)20(26)25-27-10-12-4-5-12;1-5-4-8(10)6(2)3-7(5)9;8-4-2-1-3(7(11)12)5(9)6(4)10/h6-9,12,24H,3-5,10H2,1-2H3,(H,25,26);3-4H,10H2,1-2H3;1-2H,(H,11,12). The van der Waals surface area contributed by atoms with Gasteiger partial charge in [0, 0.05) is 18.5 Å². The van der Waals surface area contributed by atoms with Crippen LogP contribution in [0.2, 0.25) is 0 Å². The predicted molar refractivity (Wildman–Crippen MR) is 195 cm³/mol. The maximum Gasteiger partial charge on any atom is 0.338 e. The van der Waals surface area contributed by atoms with Gasteiger partial charge in [0.2, 0.25) is 0 Å². The van der Waals surface area contributed by atoms with Crippen molar-refractivity contribution in [2.24, 2.45) is 5.92 Å². The van der Waals surface area contributed by atoms with Gasteiger partial charge in [-0.3, -0.25) is 9.63 Å². The predicted octanol–water partition coefficient (Wildman–Crippen LogP) is 9.55. The van der Waals surface area contributed by atoms with Gasteiger partial charge in [0.1, 0.15) is 0 Å². The van der Waals surface area contributed by atoms with Crippen LogP contribution in [0.3, 0.4) is 0 Å². The molecule has 1 aliphatic carbocycles. The lowest BCUT2D eigenvalue weighted by atomic mass is 10.1. The molecule has 4 aromatic carbocycles. The molecule has 0 atom stereocenters. The number of nitrogens with two attached hydrogens (primary N) is 1. The van der Waals surface area contributed by atoms with Crippen LogP contribution in [0.4, 0.5) is 39.0 Å². The van der Waals surface area contributed by atoms with Crippen LogP contribution in [0.25, 0.3) is 0 Å². The quantitative estimate of drug-likeness (QED) is 0.0461. The van der Waals surface area contributed by atoms with Crippen LogP contribution in [0, 0.1) is 62.9 Å². The fraction of sp³-hybridized carbons (Fsp3) is 0.257. The molecule has 0 radical (unpaired) electrons. The van der Waals surface area contributed by atoms with E-state index in [9.17, 15) is 31.5 Å². The van der Waals surface area contributed by atoms with Gasteiger partial charge in [-0.05, 0) is 162 Å². The molecule has 4 aromatic rings. The number of halogens is 7. The van der Waals surface area contributed by atoms with Crippen LogP contribution in [-0.4, -0.2) is 23.6 Å². The molecule has 1 saturated carbocycles. The average Bonchev–Trinajstić information content (AvgIpc) is 3.87. The number of hydroxylamine groups is 1. The van der Waals surface area contributed by atoms with Crippen molar-refractivity contribution in [1.82, 2.24) is 5.48 Å². The van der Waals surface area contributed by atoms with E-state index in [1.54, 1.807) is 0 Å². The Kier molecular flexibility index (Phi) is 14.6. The summed E-state index contributed by atoms with van der Waals surface area (Å²) in [4.78, 5) is 27.8. The summed E-state index contributed by atoms with van der Waals surface area (Å²) in [5.74, 6) is -8.75.